The molecule has 4 aromatic rings. The van der Waals surface area contributed by atoms with Crippen LogP contribution in [0.15, 0.2) is 108 Å². The second kappa shape index (κ2) is 16.0. The quantitative estimate of drug-likeness (QED) is 0.162. The van der Waals surface area contributed by atoms with Crippen LogP contribution in [0.1, 0.15) is 43.2 Å². The van der Waals surface area contributed by atoms with Crippen LogP contribution in [0.4, 0.5) is 5.69 Å². The Morgan fingerprint density at radius 1 is 0.745 bits per heavy atom. The number of hydrogen-bond donors (Lipinski definition) is 1. The van der Waals surface area contributed by atoms with Crippen LogP contribution in [0.3, 0.4) is 0 Å². The van der Waals surface area contributed by atoms with Gasteiger partial charge in [-0.05, 0) is 54.8 Å². The highest BCUT2D eigenvalue weighted by Crippen LogP contribution is 2.32. The van der Waals surface area contributed by atoms with Crippen molar-refractivity contribution >= 4 is 62.3 Å². The van der Waals surface area contributed by atoms with E-state index in [1.54, 1.807) is 60.7 Å². The summed E-state index contributed by atoms with van der Waals surface area (Å²) < 4.78 is 29.3. The summed E-state index contributed by atoms with van der Waals surface area (Å²) in [5.74, 6) is -0.951. The summed E-state index contributed by atoms with van der Waals surface area (Å²) in [5, 5.41) is 3.98. The molecule has 11 heteroatoms. The van der Waals surface area contributed by atoms with E-state index in [2.05, 4.69) is 5.32 Å². The van der Waals surface area contributed by atoms with Gasteiger partial charge in [-0.25, -0.2) is 8.42 Å². The number of sulfonamides is 1. The van der Waals surface area contributed by atoms with Crippen molar-refractivity contribution in [1.82, 2.24) is 10.2 Å². The van der Waals surface area contributed by atoms with Crippen LogP contribution in [0.5, 0.6) is 0 Å². The fraction of sp³-hybridized carbons (Fsp3) is 0.278. The second-order valence-electron chi connectivity index (χ2n) is 11.5. The Hall–Kier alpha value is -3.56. The van der Waals surface area contributed by atoms with E-state index >= 15 is 0 Å². The molecule has 1 N–H and O–H groups in total. The molecule has 0 saturated heterocycles. The van der Waals surface area contributed by atoms with E-state index in [0.29, 0.717) is 15.6 Å². The van der Waals surface area contributed by atoms with Crippen molar-refractivity contribution in [3.8, 4) is 0 Å². The molecule has 0 spiro atoms. The highest BCUT2D eigenvalue weighted by atomic mass is 35.5. The van der Waals surface area contributed by atoms with Crippen LogP contribution in [0, 0.1) is 0 Å². The van der Waals surface area contributed by atoms with Gasteiger partial charge in [0.05, 0.1) is 15.6 Å². The lowest BCUT2D eigenvalue weighted by atomic mass is 9.94. The van der Waals surface area contributed by atoms with Crippen molar-refractivity contribution in [3.05, 3.63) is 129 Å². The number of benzene rings is 4. The molecule has 47 heavy (non-hydrogen) atoms. The van der Waals surface area contributed by atoms with Crippen LogP contribution in [0.25, 0.3) is 0 Å². The van der Waals surface area contributed by atoms with Crippen LogP contribution in [-0.4, -0.2) is 43.8 Å². The Labute approximate surface area is 291 Å². The Morgan fingerprint density at radius 2 is 1.32 bits per heavy atom. The minimum Gasteiger partial charge on any atom is -0.352 e. The summed E-state index contributed by atoms with van der Waals surface area (Å²) in [6, 6.07) is 27.7. The first-order valence-electron chi connectivity index (χ1n) is 15.5. The lowest BCUT2D eigenvalue weighted by Crippen LogP contribution is -2.55. The zero-order valence-electron chi connectivity index (χ0n) is 25.7. The molecule has 1 atom stereocenters. The summed E-state index contributed by atoms with van der Waals surface area (Å²) in [5.41, 5.74) is 1.41. The fourth-order valence-corrected chi connectivity index (χ4v) is 8.10. The Bertz CT molecular complexity index is 1770. The summed E-state index contributed by atoms with van der Waals surface area (Å²) in [6.45, 7) is -0.764. The number of rotatable bonds is 12. The first-order chi connectivity index (χ1) is 22.6. The third kappa shape index (κ3) is 8.68. The zero-order chi connectivity index (χ0) is 33.4. The van der Waals surface area contributed by atoms with Gasteiger partial charge in [-0.2, -0.15) is 0 Å². The van der Waals surface area contributed by atoms with E-state index in [1.807, 2.05) is 30.3 Å². The molecule has 1 aliphatic rings. The third-order valence-electron chi connectivity index (χ3n) is 8.34. The second-order valence-corrected chi connectivity index (χ2v) is 14.6. The van der Waals surface area contributed by atoms with Crippen molar-refractivity contribution in [2.45, 2.75) is 62.0 Å². The molecular weight excluding hydrogens is 677 g/mol. The lowest BCUT2D eigenvalue weighted by molar-refractivity contribution is -0.140. The van der Waals surface area contributed by atoms with Gasteiger partial charge >= 0.3 is 0 Å². The van der Waals surface area contributed by atoms with Gasteiger partial charge < -0.3 is 10.2 Å². The number of nitrogens with zero attached hydrogens (tertiary/aromatic N) is 2. The number of nitrogens with one attached hydrogen (secondary N) is 1. The molecule has 0 bridgehead atoms. The zero-order valence-corrected chi connectivity index (χ0v) is 28.8. The van der Waals surface area contributed by atoms with Gasteiger partial charge in [-0.1, -0.05) is 121 Å². The molecule has 1 fully saturated rings. The van der Waals surface area contributed by atoms with Crippen molar-refractivity contribution in [1.29, 1.82) is 0 Å². The molecule has 246 valence electrons. The van der Waals surface area contributed by atoms with E-state index < -0.39 is 28.5 Å². The molecule has 0 aliphatic heterocycles. The first kappa shape index (κ1) is 34.8. The predicted octanol–water partition coefficient (Wildman–Crippen LogP) is 7.93. The highest BCUT2D eigenvalue weighted by Gasteiger charge is 2.36. The van der Waals surface area contributed by atoms with Crippen LogP contribution in [0.2, 0.25) is 15.1 Å². The van der Waals surface area contributed by atoms with Crippen LogP contribution in [-0.2, 0) is 32.6 Å². The largest absolute Gasteiger partial charge is 0.352 e. The van der Waals surface area contributed by atoms with Crippen molar-refractivity contribution < 1.29 is 18.0 Å². The SMILES string of the molecule is O=C(NC1CCCCC1)C(Cc1ccccc1)N(Cc1c(Cl)cccc1Cl)C(=O)CN(c1ccccc1Cl)S(=O)(=O)c1ccccc1. The fourth-order valence-electron chi connectivity index (χ4n) is 5.84. The summed E-state index contributed by atoms with van der Waals surface area (Å²) >= 11 is 19.8. The molecule has 1 unspecified atom stereocenters. The molecule has 0 radical (unpaired) electrons. The molecule has 2 amide bonds. The molecule has 1 saturated carbocycles. The van der Waals surface area contributed by atoms with E-state index in [0.717, 1.165) is 42.0 Å². The molecule has 1 aliphatic carbocycles. The molecule has 0 heterocycles. The predicted molar refractivity (Wildman–Crippen MR) is 188 cm³/mol. The highest BCUT2D eigenvalue weighted by molar-refractivity contribution is 7.92. The number of amides is 2. The number of halogens is 3. The van der Waals surface area contributed by atoms with Gasteiger partial charge in [0.2, 0.25) is 11.8 Å². The molecular formula is C36H36Cl3N3O4S. The van der Waals surface area contributed by atoms with Crippen molar-refractivity contribution in [3.63, 3.8) is 0 Å². The number of anilines is 1. The lowest BCUT2D eigenvalue weighted by Gasteiger charge is -2.35. The molecule has 4 aromatic carbocycles. The average Bonchev–Trinajstić information content (AvgIpc) is 3.08. The van der Waals surface area contributed by atoms with Gasteiger partial charge in [0, 0.05) is 34.6 Å². The van der Waals surface area contributed by atoms with E-state index in [4.69, 9.17) is 34.8 Å². The summed E-state index contributed by atoms with van der Waals surface area (Å²) in [7, 11) is -4.27. The molecule has 5 rings (SSSR count). The van der Waals surface area contributed by atoms with Crippen LogP contribution >= 0.6 is 34.8 Å². The monoisotopic (exact) mass is 711 g/mol. The maximum atomic E-state index is 14.7. The average molecular weight is 713 g/mol. The van der Waals surface area contributed by atoms with E-state index in [9.17, 15) is 18.0 Å². The normalized spacial score (nSPS) is 14.3. The van der Waals surface area contributed by atoms with Gasteiger partial charge in [0.1, 0.15) is 12.6 Å². The number of carbonyl (C=O) groups excluding carboxylic acids is 2. The van der Waals surface area contributed by atoms with Crippen molar-refractivity contribution in [2.75, 3.05) is 10.8 Å². The number of para-hydroxylation sites is 1. The van der Waals surface area contributed by atoms with Gasteiger partial charge in [0.25, 0.3) is 10.0 Å². The van der Waals surface area contributed by atoms with Gasteiger partial charge in [0.15, 0.2) is 0 Å². The third-order valence-corrected chi connectivity index (χ3v) is 11.1. The topological polar surface area (TPSA) is 86.8 Å². The maximum Gasteiger partial charge on any atom is 0.264 e. The Balaban J connectivity index is 1.59. The number of hydrogen-bond acceptors (Lipinski definition) is 4. The molecule has 0 aromatic heterocycles. The van der Waals surface area contributed by atoms with E-state index in [1.165, 1.54) is 17.0 Å². The first-order valence-corrected chi connectivity index (χ1v) is 18.1. The molecule has 7 nitrogen and oxygen atoms in total. The Kier molecular flexibility index (Phi) is 11.9. The number of carbonyl (C=O) groups is 2. The smallest absolute Gasteiger partial charge is 0.264 e. The minimum atomic E-state index is -4.27. The maximum absolute atomic E-state index is 14.7. The van der Waals surface area contributed by atoms with Crippen molar-refractivity contribution in [2.24, 2.45) is 0 Å². The van der Waals surface area contributed by atoms with E-state index in [-0.39, 0.29) is 40.5 Å². The van der Waals surface area contributed by atoms with Gasteiger partial charge in [-0.15, -0.1) is 0 Å². The van der Waals surface area contributed by atoms with Crippen LogP contribution < -0.4 is 9.62 Å². The summed E-state index contributed by atoms with van der Waals surface area (Å²) in [6.07, 6.45) is 5.02. The minimum absolute atomic E-state index is 0.00991. The summed E-state index contributed by atoms with van der Waals surface area (Å²) in [4.78, 5) is 30.3. The Morgan fingerprint density at radius 3 is 1.96 bits per heavy atom. The van der Waals surface area contributed by atoms with Gasteiger partial charge in [-0.3, -0.25) is 13.9 Å². The standard InChI is InChI=1S/C36H36Cl3N3O4S/c37-30-20-12-21-31(38)29(30)24-41(34(23-26-13-4-1-5-14-26)36(44)40-27-15-6-2-7-16-27)35(43)25-42(33-22-11-10-19-32(33)39)47(45,46)28-17-8-3-9-18-28/h1,3-5,8-14,17-22,27,34H,2,6-7,15-16,23-25H2,(H,40,44).